The van der Waals surface area contributed by atoms with E-state index in [1.807, 2.05) is 54.6 Å². The lowest BCUT2D eigenvalue weighted by Crippen LogP contribution is -1.94. The van der Waals surface area contributed by atoms with Gasteiger partial charge < -0.3 is 4.74 Å². The maximum Gasteiger partial charge on any atom is 0.212 e. The molecule has 2 aromatic carbocycles. The van der Waals surface area contributed by atoms with Crippen LogP contribution in [0.4, 0.5) is 4.39 Å². The summed E-state index contributed by atoms with van der Waals surface area (Å²) in [6.07, 6.45) is 1.52. The van der Waals surface area contributed by atoms with Crippen LogP contribution in [-0.2, 0) is 6.61 Å². The number of aromatic nitrogens is 1. The molecule has 0 aliphatic rings. The zero-order valence-electron chi connectivity index (χ0n) is 11.4. The van der Waals surface area contributed by atoms with E-state index >= 15 is 0 Å². The summed E-state index contributed by atoms with van der Waals surface area (Å²) in [5.74, 6) is 0.333. The number of hydrogen-bond acceptors (Lipinski definition) is 2. The summed E-state index contributed by atoms with van der Waals surface area (Å²) in [5, 5.41) is 0. The molecule has 0 fully saturated rings. The lowest BCUT2D eigenvalue weighted by molar-refractivity contribution is 0.306. The summed E-state index contributed by atoms with van der Waals surface area (Å²) in [6.45, 7) is 0.540. The van der Waals surface area contributed by atoms with E-state index in [0.717, 1.165) is 22.4 Å². The number of pyridine rings is 1. The van der Waals surface area contributed by atoms with E-state index in [0.29, 0.717) is 6.61 Å². The number of nitrogens with zero attached hydrogens (tertiary/aromatic N) is 1. The second-order valence-corrected chi connectivity index (χ2v) is 4.67. The maximum atomic E-state index is 12.8. The molecule has 104 valence electrons. The van der Waals surface area contributed by atoms with E-state index in [-0.39, 0.29) is 0 Å². The molecular formula is C18H14FNO. The Kier molecular flexibility index (Phi) is 3.92. The first-order chi connectivity index (χ1) is 10.3. The van der Waals surface area contributed by atoms with Crippen LogP contribution in [-0.4, -0.2) is 4.98 Å². The molecule has 0 N–H and O–H groups in total. The molecule has 21 heavy (non-hydrogen) atoms. The van der Waals surface area contributed by atoms with Crippen LogP contribution in [0.3, 0.4) is 0 Å². The van der Waals surface area contributed by atoms with Gasteiger partial charge in [0, 0.05) is 11.8 Å². The van der Waals surface area contributed by atoms with Gasteiger partial charge in [-0.15, -0.1) is 0 Å². The van der Waals surface area contributed by atoms with Gasteiger partial charge in [-0.05, 0) is 35.4 Å². The molecular weight excluding hydrogens is 265 g/mol. The molecule has 0 radical (unpaired) electrons. The largest absolute Gasteiger partial charge is 0.489 e. The summed E-state index contributed by atoms with van der Waals surface area (Å²) in [7, 11) is 0. The van der Waals surface area contributed by atoms with Crippen molar-refractivity contribution in [3.8, 4) is 16.9 Å². The molecule has 0 aliphatic heterocycles. The Morgan fingerprint density at radius 2 is 1.52 bits per heavy atom. The maximum absolute atomic E-state index is 12.8. The van der Waals surface area contributed by atoms with Gasteiger partial charge in [-0.1, -0.05) is 42.5 Å². The smallest absolute Gasteiger partial charge is 0.212 e. The number of halogens is 1. The molecule has 3 rings (SSSR count). The van der Waals surface area contributed by atoms with E-state index in [1.54, 1.807) is 6.07 Å². The minimum atomic E-state index is -0.471. The molecule has 0 saturated heterocycles. The van der Waals surface area contributed by atoms with Crippen LogP contribution in [0.1, 0.15) is 5.56 Å². The average Bonchev–Trinajstić information content (AvgIpc) is 2.55. The fourth-order valence-corrected chi connectivity index (χ4v) is 2.03. The number of benzene rings is 2. The first-order valence-corrected chi connectivity index (χ1v) is 6.70. The molecule has 0 bridgehead atoms. The van der Waals surface area contributed by atoms with Crippen molar-refractivity contribution in [2.24, 2.45) is 0 Å². The Morgan fingerprint density at radius 1 is 0.810 bits per heavy atom. The molecule has 0 atom stereocenters. The van der Waals surface area contributed by atoms with Gasteiger partial charge in [0.15, 0.2) is 0 Å². The van der Waals surface area contributed by atoms with Crippen molar-refractivity contribution >= 4 is 0 Å². The van der Waals surface area contributed by atoms with E-state index < -0.39 is 5.95 Å². The second kappa shape index (κ2) is 6.18. The van der Waals surface area contributed by atoms with E-state index in [1.165, 1.54) is 12.3 Å². The molecule has 1 heterocycles. The summed E-state index contributed by atoms with van der Waals surface area (Å²) in [5.41, 5.74) is 2.99. The van der Waals surface area contributed by atoms with Crippen molar-refractivity contribution in [1.29, 1.82) is 0 Å². The molecule has 0 saturated carbocycles. The third-order valence-corrected chi connectivity index (χ3v) is 3.16. The standard InChI is InChI=1S/C18H14FNO/c19-18-11-8-16(12-20-18)15-6-9-17(10-7-15)21-13-14-4-2-1-3-5-14/h1-12H,13H2. The van der Waals surface area contributed by atoms with Crippen molar-refractivity contribution in [3.05, 3.63) is 84.4 Å². The minimum absolute atomic E-state index is 0.471. The molecule has 2 nitrogen and oxygen atoms in total. The Hall–Kier alpha value is -2.68. The lowest BCUT2D eigenvalue weighted by Gasteiger charge is -2.07. The van der Waals surface area contributed by atoms with E-state index in [9.17, 15) is 4.39 Å². The summed E-state index contributed by atoms with van der Waals surface area (Å²) in [4.78, 5) is 3.66. The molecule has 0 aliphatic carbocycles. The Morgan fingerprint density at radius 3 is 2.19 bits per heavy atom. The first kappa shape index (κ1) is 13.3. The van der Waals surface area contributed by atoms with Gasteiger partial charge in [0.25, 0.3) is 0 Å². The second-order valence-electron chi connectivity index (χ2n) is 4.67. The van der Waals surface area contributed by atoms with E-state index in [2.05, 4.69) is 4.98 Å². The summed E-state index contributed by atoms with van der Waals surface area (Å²) in [6, 6.07) is 20.8. The van der Waals surface area contributed by atoms with Crippen LogP contribution in [0.5, 0.6) is 5.75 Å². The molecule has 0 amide bonds. The van der Waals surface area contributed by atoms with Crippen LogP contribution in [0.2, 0.25) is 0 Å². The molecule has 1 aromatic heterocycles. The number of hydrogen-bond donors (Lipinski definition) is 0. The van der Waals surface area contributed by atoms with Gasteiger partial charge in [-0.25, -0.2) is 4.98 Å². The van der Waals surface area contributed by atoms with Gasteiger partial charge in [0.2, 0.25) is 5.95 Å². The molecule has 0 unspecified atom stereocenters. The third-order valence-electron chi connectivity index (χ3n) is 3.16. The predicted octanol–water partition coefficient (Wildman–Crippen LogP) is 4.47. The van der Waals surface area contributed by atoms with Crippen LogP contribution in [0.25, 0.3) is 11.1 Å². The topological polar surface area (TPSA) is 22.1 Å². The van der Waals surface area contributed by atoms with E-state index in [4.69, 9.17) is 4.74 Å². The van der Waals surface area contributed by atoms with Crippen LogP contribution in [0, 0.1) is 5.95 Å². The predicted molar refractivity (Wildman–Crippen MR) is 80.4 cm³/mol. The highest BCUT2D eigenvalue weighted by molar-refractivity contribution is 5.62. The third kappa shape index (κ3) is 3.45. The highest BCUT2D eigenvalue weighted by atomic mass is 19.1. The lowest BCUT2D eigenvalue weighted by atomic mass is 10.1. The fraction of sp³-hybridized carbons (Fsp3) is 0.0556. The van der Waals surface area contributed by atoms with Crippen molar-refractivity contribution in [2.75, 3.05) is 0 Å². The number of rotatable bonds is 4. The van der Waals surface area contributed by atoms with Gasteiger partial charge in [0.05, 0.1) is 0 Å². The SMILES string of the molecule is Fc1ccc(-c2ccc(OCc3ccccc3)cc2)cn1. The normalized spacial score (nSPS) is 10.3. The minimum Gasteiger partial charge on any atom is -0.489 e. The Bertz CT molecular complexity index is 694. The van der Waals surface area contributed by atoms with Gasteiger partial charge >= 0.3 is 0 Å². The quantitative estimate of drug-likeness (QED) is 0.657. The highest BCUT2D eigenvalue weighted by Crippen LogP contribution is 2.22. The van der Waals surface area contributed by atoms with Gasteiger partial charge in [-0.2, -0.15) is 4.39 Å². The molecule has 3 aromatic rings. The summed E-state index contributed by atoms with van der Waals surface area (Å²) >= 11 is 0. The van der Waals surface area contributed by atoms with Crippen LogP contribution in [0.15, 0.2) is 72.9 Å². The highest BCUT2D eigenvalue weighted by Gasteiger charge is 2.00. The fourth-order valence-electron chi connectivity index (χ4n) is 2.03. The van der Waals surface area contributed by atoms with Crippen molar-refractivity contribution in [2.45, 2.75) is 6.61 Å². The van der Waals surface area contributed by atoms with Crippen molar-refractivity contribution < 1.29 is 9.13 Å². The molecule has 3 heteroatoms. The van der Waals surface area contributed by atoms with Gasteiger partial charge in [-0.3, -0.25) is 0 Å². The van der Waals surface area contributed by atoms with Gasteiger partial charge in [0.1, 0.15) is 12.4 Å². The average molecular weight is 279 g/mol. The zero-order chi connectivity index (χ0) is 14.5. The summed E-state index contributed by atoms with van der Waals surface area (Å²) < 4.78 is 18.5. The Balaban J connectivity index is 1.68. The Labute approximate surface area is 122 Å². The monoisotopic (exact) mass is 279 g/mol. The zero-order valence-corrected chi connectivity index (χ0v) is 11.4. The molecule has 0 spiro atoms. The number of ether oxygens (including phenoxy) is 1. The van der Waals surface area contributed by atoms with Crippen molar-refractivity contribution in [1.82, 2.24) is 4.98 Å². The van der Waals surface area contributed by atoms with Crippen LogP contribution >= 0.6 is 0 Å². The van der Waals surface area contributed by atoms with Crippen molar-refractivity contribution in [3.63, 3.8) is 0 Å². The first-order valence-electron chi connectivity index (χ1n) is 6.70. The van der Waals surface area contributed by atoms with Crippen LogP contribution < -0.4 is 4.74 Å².